The Morgan fingerprint density at radius 3 is 1.50 bits per heavy atom. The van der Waals surface area contributed by atoms with Crippen molar-refractivity contribution in [1.82, 2.24) is 0 Å². The van der Waals surface area contributed by atoms with E-state index in [1.165, 1.54) is 38.5 Å². The molecule has 4 nitrogen and oxygen atoms in total. The van der Waals surface area contributed by atoms with Crippen LogP contribution in [0.1, 0.15) is 97.3 Å². The molecule has 0 aromatic heterocycles. The molecule has 0 spiro atoms. The van der Waals surface area contributed by atoms with E-state index < -0.39 is 11.9 Å². The molecule has 0 atom stereocenters. The van der Waals surface area contributed by atoms with Crippen molar-refractivity contribution in [3.05, 3.63) is 0 Å². The Hall–Kier alpha value is -1.06. The minimum absolute atomic E-state index is 0.0816. The van der Waals surface area contributed by atoms with Crippen LogP contribution in [-0.4, -0.2) is 22.2 Å². The van der Waals surface area contributed by atoms with Gasteiger partial charge in [0.2, 0.25) is 0 Å². The molecule has 130 valence electrons. The predicted octanol–water partition coefficient (Wildman–Crippen LogP) is 5.25. The Morgan fingerprint density at radius 1 is 0.682 bits per heavy atom. The van der Waals surface area contributed by atoms with E-state index in [0.29, 0.717) is 6.42 Å². The number of rotatable bonds is 15. The third kappa shape index (κ3) is 15.3. The molecule has 0 bridgehead atoms. The lowest BCUT2D eigenvalue weighted by molar-refractivity contribution is -0.139. The second-order valence-electron chi connectivity index (χ2n) is 7.16. The smallest absolute Gasteiger partial charge is 0.303 e. The average molecular weight is 314 g/mol. The van der Waals surface area contributed by atoms with E-state index in [9.17, 15) is 9.59 Å². The van der Waals surface area contributed by atoms with Gasteiger partial charge in [0.25, 0.3) is 0 Å². The van der Waals surface area contributed by atoms with Crippen molar-refractivity contribution < 1.29 is 19.8 Å². The molecule has 0 fully saturated rings. The fourth-order valence-electron chi connectivity index (χ4n) is 2.79. The zero-order chi connectivity index (χ0) is 16.8. The van der Waals surface area contributed by atoms with Gasteiger partial charge in [0.05, 0.1) is 6.42 Å². The quantitative estimate of drug-likeness (QED) is 0.405. The van der Waals surface area contributed by atoms with Crippen molar-refractivity contribution in [2.24, 2.45) is 5.41 Å². The fraction of sp³-hybridized carbons (Fsp3) is 0.889. The van der Waals surface area contributed by atoms with Crippen LogP contribution in [0.2, 0.25) is 0 Å². The first-order valence-electron chi connectivity index (χ1n) is 8.77. The zero-order valence-electron chi connectivity index (χ0n) is 14.4. The number of hydrogen-bond donors (Lipinski definition) is 2. The molecular weight excluding hydrogens is 280 g/mol. The van der Waals surface area contributed by atoms with Crippen LogP contribution in [0.15, 0.2) is 0 Å². The Bertz CT molecular complexity index is 310. The van der Waals surface area contributed by atoms with Gasteiger partial charge in [0.15, 0.2) is 0 Å². The Balaban J connectivity index is 3.27. The van der Waals surface area contributed by atoms with Crippen molar-refractivity contribution >= 4 is 11.9 Å². The van der Waals surface area contributed by atoms with Crippen molar-refractivity contribution in [1.29, 1.82) is 0 Å². The summed E-state index contributed by atoms with van der Waals surface area (Å²) in [4.78, 5) is 21.1. The van der Waals surface area contributed by atoms with Gasteiger partial charge >= 0.3 is 11.9 Å². The molecule has 0 radical (unpaired) electrons. The van der Waals surface area contributed by atoms with Crippen LogP contribution in [0.25, 0.3) is 0 Å². The van der Waals surface area contributed by atoms with E-state index in [2.05, 4.69) is 0 Å². The Morgan fingerprint density at radius 2 is 1.09 bits per heavy atom. The number of aliphatic carboxylic acids is 2. The minimum Gasteiger partial charge on any atom is -0.481 e. The maximum atomic E-state index is 10.7. The van der Waals surface area contributed by atoms with E-state index in [4.69, 9.17) is 10.2 Å². The third-order valence-corrected chi connectivity index (χ3v) is 4.12. The molecule has 0 heterocycles. The Kier molecular flexibility index (Phi) is 11.9. The fourth-order valence-corrected chi connectivity index (χ4v) is 2.79. The normalized spacial score (nSPS) is 11.5. The van der Waals surface area contributed by atoms with E-state index in [-0.39, 0.29) is 11.8 Å². The van der Waals surface area contributed by atoms with Crippen molar-refractivity contribution in [3.63, 3.8) is 0 Å². The highest BCUT2D eigenvalue weighted by atomic mass is 16.4. The van der Waals surface area contributed by atoms with Crippen LogP contribution in [0.4, 0.5) is 0 Å². The molecule has 0 aromatic rings. The van der Waals surface area contributed by atoms with Gasteiger partial charge in [-0.15, -0.1) is 0 Å². The molecule has 0 unspecified atom stereocenters. The molecule has 4 heteroatoms. The maximum Gasteiger partial charge on any atom is 0.303 e. The van der Waals surface area contributed by atoms with Crippen LogP contribution >= 0.6 is 0 Å². The van der Waals surface area contributed by atoms with Gasteiger partial charge in [-0.25, -0.2) is 0 Å². The number of hydrogen-bond acceptors (Lipinski definition) is 2. The first-order chi connectivity index (χ1) is 10.3. The Labute approximate surface area is 135 Å². The summed E-state index contributed by atoms with van der Waals surface area (Å²) in [5, 5.41) is 17.3. The topological polar surface area (TPSA) is 74.6 Å². The number of carbonyl (C=O) groups is 2. The summed E-state index contributed by atoms with van der Waals surface area (Å²) in [5.74, 6) is -1.39. The van der Waals surface area contributed by atoms with Crippen molar-refractivity contribution in [3.8, 4) is 0 Å². The summed E-state index contributed by atoms with van der Waals surface area (Å²) in [6.07, 6.45) is 13.1. The van der Waals surface area contributed by atoms with Crippen LogP contribution in [0, 0.1) is 5.41 Å². The largest absolute Gasteiger partial charge is 0.481 e. The molecule has 0 saturated heterocycles. The summed E-state index contributed by atoms with van der Waals surface area (Å²) < 4.78 is 0. The van der Waals surface area contributed by atoms with Crippen molar-refractivity contribution in [2.75, 3.05) is 0 Å². The molecule has 0 saturated carbocycles. The van der Waals surface area contributed by atoms with E-state index in [1.54, 1.807) is 0 Å². The van der Waals surface area contributed by atoms with Crippen LogP contribution in [0.5, 0.6) is 0 Å². The maximum absolute atomic E-state index is 10.7. The van der Waals surface area contributed by atoms with Crippen LogP contribution < -0.4 is 0 Å². The lowest BCUT2D eigenvalue weighted by Crippen LogP contribution is -2.16. The zero-order valence-corrected chi connectivity index (χ0v) is 14.4. The summed E-state index contributed by atoms with van der Waals surface area (Å²) in [7, 11) is 0. The summed E-state index contributed by atoms with van der Waals surface area (Å²) >= 11 is 0. The van der Waals surface area contributed by atoms with Crippen LogP contribution in [0.3, 0.4) is 0 Å². The molecule has 0 amide bonds. The first kappa shape index (κ1) is 20.9. The number of carboxylic acid groups (broad SMARTS) is 2. The lowest BCUT2D eigenvalue weighted by Gasteiger charge is -2.21. The summed E-state index contributed by atoms with van der Waals surface area (Å²) in [6, 6.07) is 0. The van der Waals surface area contributed by atoms with Gasteiger partial charge in [-0.05, 0) is 18.3 Å². The predicted molar refractivity (Wildman–Crippen MR) is 89.1 cm³/mol. The van der Waals surface area contributed by atoms with Gasteiger partial charge in [0, 0.05) is 6.42 Å². The van der Waals surface area contributed by atoms with Crippen LogP contribution in [-0.2, 0) is 9.59 Å². The van der Waals surface area contributed by atoms with Crippen molar-refractivity contribution in [2.45, 2.75) is 97.3 Å². The summed E-state index contributed by atoms with van der Waals surface area (Å²) in [6.45, 7) is 4.07. The van der Waals surface area contributed by atoms with Gasteiger partial charge < -0.3 is 10.2 Å². The molecule has 0 aliphatic rings. The second kappa shape index (κ2) is 12.5. The molecule has 0 aliphatic heterocycles. The summed E-state index contributed by atoms with van der Waals surface area (Å²) in [5.41, 5.74) is -0.0816. The molecular formula is C18H34O4. The molecule has 0 rings (SSSR count). The highest BCUT2D eigenvalue weighted by Gasteiger charge is 2.20. The number of carboxylic acids is 2. The second-order valence-corrected chi connectivity index (χ2v) is 7.16. The number of unbranched alkanes of at least 4 members (excludes halogenated alkanes) is 9. The first-order valence-corrected chi connectivity index (χ1v) is 8.77. The van der Waals surface area contributed by atoms with E-state index in [1.807, 2.05) is 13.8 Å². The standard InChI is InChI=1S/C18H34O4/c1-18(2,15-17(21)22)14-12-10-8-6-4-3-5-7-9-11-13-16(19)20/h3-15H2,1-2H3,(H,19,20)(H,21,22). The average Bonchev–Trinajstić information content (AvgIpc) is 2.38. The molecule has 0 aromatic carbocycles. The van der Waals surface area contributed by atoms with Gasteiger partial charge in [0.1, 0.15) is 0 Å². The molecule has 2 N–H and O–H groups in total. The minimum atomic E-state index is -0.701. The SMILES string of the molecule is CC(C)(CCCCCCCCCCCCC(=O)O)CC(=O)O. The lowest BCUT2D eigenvalue weighted by atomic mass is 9.83. The monoisotopic (exact) mass is 314 g/mol. The van der Waals surface area contributed by atoms with E-state index >= 15 is 0 Å². The van der Waals surface area contributed by atoms with E-state index in [0.717, 1.165) is 32.1 Å². The van der Waals surface area contributed by atoms with Gasteiger partial charge in [-0.2, -0.15) is 0 Å². The molecule has 0 aliphatic carbocycles. The van der Waals surface area contributed by atoms with Gasteiger partial charge in [-0.3, -0.25) is 9.59 Å². The van der Waals surface area contributed by atoms with Gasteiger partial charge in [-0.1, -0.05) is 71.6 Å². The highest BCUT2D eigenvalue weighted by molar-refractivity contribution is 5.67. The third-order valence-electron chi connectivity index (χ3n) is 4.12. The molecule has 22 heavy (non-hydrogen) atoms. The highest BCUT2D eigenvalue weighted by Crippen LogP contribution is 2.28.